The van der Waals surface area contributed by atoms with Crippen LogP contribution in [0.15, 0.2) is 42.6 Å². The van der Waals surface area contributed by atoms with E-state index in [2.05, 4.69) is 10.3 Å². The first-order valence-electron chi connectivity index (χ1n) is 10.1. The van der Waals surface area contributed by atoms with Gasteiger partial charge in [-0.1, -0.05) is 30.3 Å². The number of amides is 2. The highest BCUT2D eigenvalue weighted by atomic mass is 16.4. The van der Waals surface area contributed by atoms with E-state index in [4.69, 9.17) is 16.2 Å². The monoisotopic (exact) mass is 409 g/mol. The number of carboxylic acids is 1. The summed E-state index contributed by atoms with van der Waals surface area (Å²) in [5.41, 5.74) is 8.09. The van der Waals surface area contributed by atoms with Crippen LogP contribution in [0.25, 0.3) is 0 Å². The second-order valence-electron chi connectivity index (χ2n) is 7.60. The smallest absolute Gasteiger partial charge is 0.323 e. The number of urea groups is 1. The summed E-state index contributed by atoms with van der Waals surface area (Å²) in [5, 5.41) is 19.2. The van der Waals surface area contributed by atoms with Crippen LogP contribution in [0.4, 0.5) is 10.6 Å². The minimum atomic E-state index is -0.883. The molecule has 1 atom stereocenters. The third kappa shape index (κ3) is 5.79. The Labute approximate surface area is 175 Å². The SMILES string of the molecule is N=C(N)c1ccc(C[C@@H]2CCCN(C(=O)Nc3ncccc3CCC(=O)O)C2)cc1. The van der Waals surface area contributed by atoms with Crippen molar-refractivity contribution in [3.8, 4) is 0 Å². The predicted octanol–water partition coefficient (Wildman–Crippen LogP) is 2.87. The third-order valence-corrected chi connectivity index (χ3v) is 5.32. The van der Waals surface area contributed by atoms with E-state index in [0.717, 1.165) is 24.8 Å². The topological polar surface area (TPSA) is 132 Å². The second-order valence-corrected chi connectivity index (χ2v) is 7.60. The summed E-state index contributed by atoms with van der Waals surface area (Å²) in [6.07, 6.45) is 4.73. The number of carbonyl (C=O) groups is 2. The van der Waals surface area contributed by atoms with Gasteiger partial charge in [0.2, 0.25) is 0 Å². The third-order valence-electron chi connectivity index (χ3n) is 5.32. The van der Waals surface area contributed by atoms with Gasteiger partial charge in [-0.2, -0.15) is 0 Å². The molecule has 8 nitrogen and oxygen atoms in total. The molecule has 0 unspecified atom stereocenters. The van der Waals surface area contributed by atoms with Gasteiger partial charge in [-0.25, -0.2) is 9.78 Å². The molecule has 1 saturated heterocycles. The van der Waals surface area contributed by atoms with Crippen molar-refractivity contribution < 1.29 is 14.7 Å². The lowest BCUT2D eigenvalue weighted by Crippen LogP contribution is -2.43. The fourth-order valence-electron chi connectivity index (χ4n) is 3.74. The quantitative estimate of drug-likeness (QED) is 0.412. The zero-order valence-corrected chi connectivity index (χ0v) is 16.8. The summed E-state index contributed by atoms with van der Waals surface area (Å²) >= 11 is 0. The average Bonchev–Trinajstić information content (AvgIpc) is 2.73. The molecule has 5 N–H and O–H groups in total. The number of rotatable bonds is 7. The van der Waals surface area contributed by atoms with Crippen molar-refractivity contribution in [3.05, 3.63) is 59.3 Å². The lowest BCUT2D eigenvalue weighted by molar-refractivity contribution is -0.136. The lowest BCUT2D eigenvalue weighted by atomic mass is 9.91. The van der Waals surface area contributed by atoms with E-state index >= 15 is 0 Å². The Kier molecular flexibility index (Phi) is 7.00. The number of hydrogen-bond acceptors (Lipinski definition) is 4. The number of carboxylic acid groups (broad SMARTS) is 1. The van der Waals surface area contributed by atoms with Gasteiger partial charge in [0.15, 0.2) is 0 Å². The summed E-state index contributed by atoms with van der Waals surface area (Å²) in [4.78, 5) is 29.7. The summed E-state index contributed by atoms with van der Waals surface area (Å²) < 4.78 is 0. The number of carbonyl (C=O) groups excluding carboxylic acids is 1. The molecule has 30 heavy (non-hydrogen) atoms. The van der Waals surface area contributed by atoms with Crippen molar-refractivity contribution in [2.24, 2.45) is 11.7 Å². The molecule has 1 aromatic heterocycles. The zero-order chi connectivity index (χ0) is 21.5. The molecule has 1 fully saturated rings. The van der Waals surface area contributed by atoms with E-state index in [1.54, 1.807) is 23.2 Å². The minimum Gasteiger partial charge on any atom is -0.481 e. The number of aromatic nitrogens is 1. The maximum atomic E-state index is 12.8. The number of aryl methyl sites for hydroxylation is 1. The van der Waals surface area contributed by atoms with E-state index in [1.807, 2.05) is 24.3 Å². The van der Waals surface area contributed by atoms with E-state index in [0.29, 0.717) is 42.4 Å². The molecule has 1 aliphatic heterocycles. The Hall–Kier alpha value is -3.42. The Morgan fingerprint density at radius 2 is 2.03 bits per heavy atom. The summed E-state index contributed by atoms with van der Waals surface area (Å²) in [6.45, 7) is 1.33. The van der Waals surface area contributed by atoms with Crippen molar-refractivity contribution in [1.82, 2.24) is 9.88 Å². The van der Waals surface area contributed by atoms with E-state index in [-0.39, 0.29) is 18.3 Å². The number of piperidine rings is 1. The number of amidine groups is 1. The van der Waals surface area contributed by atoms with Crippen LogP contribution in [-0.2, 0) is 17.6 Å². The molecule has 0 aliphatic carbocycles. The number of anilines is 1. The molecular formula is C22H27N5O3. The van der Waals surface area contributed by atoms with Crippen LogP contribution in [0, 0.1) is 11.3 Å². The van der Waals surface area contributed by atoms with Crippen molar-refractivity contribution in [2.75, 3.05) is 18.4 Å². The van der Waals surface area contributed by atoms with Crippen molar-refractivity contribution in [1.29, 1.82) is 5.41 Å². The second kappa shape index (κ2) is 9.87. The fourth-order valence-corrected chi connectivity index (χ4v) is 3.74. The van der Waals surface area contributed by atoms with Gasteiger partial charge in [0.1, 0.15) is 11.7 Å². The van der Waals surface area contributed by atoms with Crippen LogP contribution in [0.2, 0.25) is 0 Å². The highest BCUT2D eigenvalue weighted by Crippen LogP contribution is 2.22. The van der Waals surface area contributed by atoms with E-state index in [9.17, 15) is 9.59 Å². The van der Waals surface area contributed by atoms with Crippen molar-refractivity contribution in [2.45, 2.75) is 32.1 Å². The molecule has 1 aromatic carbocycles. The zero-order valence-electron chi connectivity index (χ0n) is 16.8. The van der Waals surface area contributed by atoms with Gasteiger partial charge in [0.25, 0.3) is 0 Å². The molecule has 2 aromatic rings. The van der Waals surface area contributed by atoms with Crippen LogP contribution >= 0.6 is 0 Å². The average molecular weight is 409 g/mol. The molecule has 1 aliphatic rings. The number of benzene rings is 1. The normalized spacial score (nSPS) is 16.1. The molecule has 0 bridgehead atoms. The summed E-state index contributed by atoms with van der Waals surface area (Å²) in [7, 11) is 0. The van der Waals surface area contributed by atoms with E-state index in [1.165, 1.54) is 0 Å². The number of nitrogen functional groups attached to an aromatic ring is 1. The Bertz CT molecular complexity index is 913. The first-order chi connectivity index (χ1) is 14.4. The molecule has 8 heteroatoms. The van der Waals surface area contributed by atoms with Gasteiger partial charge in [-0.15, -0.1) is 0 Å². The molecule has 0 saturated carbocycles. The number of pyridine rings is 1. The first-order valence-corrected chi connectivity index (χ1v) is 10.1. The molecule has 2 amide bonds. The highest BCUT2D eigenvalue weighted by molar-refractivity contribution is 5.94. The van der Waals surface area contributed by atoms with E-state index < -0.39 is 5.97 Å². The van der Waals surface area contributed by atoms with Crippen LogP contribution in [-0.4, -0.2) is 45.9 Å². The Morgan fingerprint density at radius 1 is 1.27 bits per heavy atom. The van der Waals surface area contributed by atoms with Gasteiger partial charge in [-0.05, 0) is 48.8 Å². The van der Waals surface area contributed by atoms with Gasteiger partial charge in [0.05, 0.1) is 0 Å². The van der Waals surface area contributed by atoms with Gasteiger partial charge >= 0.3 is 12.0 Å². The number of nitrogens with two attached hydrogens (primary N) is 1. The molecular weight excluding hydrogens is 382 g/mol. The van der Waals surface area contributed by atoms with Crippen LogP contribution in [0.5, 0.6) is 0 Å². The number of aliphatic carboxylic acids is 1. The fraction of sp³-hybridized carbons (Fsp3) is 0.364. The molecule has 0 radical (unpaired) electrons. The number of nitrogens with one attached hydrogen (secondary N) is 2. The lowest BCUT2D eigenvalue weighted by Gasteiger charge is -2.33. The number of likely N-dealkylation sites (tertiary alicyclic amines) is 1. The molecule has 0 spiro atoms. The number of hydrogen-bond donors (Lipinski definition) is 4. The van der Waals surface area contributed by atoms with Crippen LogP contribution in [0.1, 0.15) is 36.0 Å². The van der Waals surface area contributed by atoms with Gasteiger partial charge in [0, 0.05) is 31.3 Å². The summed E-state index contributed by atoms with van der Waals surface area (Å²) in [5.74, 6) is -0.0563. The van der Waals surface area contributed by atoms with Crippen molar-refractivity contribution in [3.63, 3.8) is 0 Å². The number of nitrogens with zero attached hydrogens (tertiary/aromatic N) is 2. The largest absolute Gasteiger partial charge is 0.481 e. The standard InChI is InChI=1S/C22H27N5O3/c23-20(24)17-7-5-15(6-8-17)13-16-3-2-12-27(14-16)22(30)26-21-18(4-1-11-25-21)9-10-19(28)29/h1,4-8,11,16H,2-3,9-10,12-14H2,(H3,23,24)(H,28,29)(H,25,26,30)/t16-/m0/s1. The first kappa shape index (κ1) is 21.3. The van der Waals surface area contributed by atoms with Gasteiger partial charge < -0.3 is 15.7 Å². The van der Waals surface area contributed by atoms with Crippen LogP contribution in [0.3, 0.4) is 0 Å². The maximum Gasteiger partial charge on any atom is 0.323 e. The van der Waals surface area contributed by atoms with Crippen LogP contribution < -0.4 is 11.1 Å². The van der Waals surface area contributed by atoms with Crippen molar-refractivity contribution >= 4 is 23.7 Å². The molecule has 2 heterocycles. The highest BCUT2D eigenvalue weighted by Gasteiger charge is 2.24. The summed E-state index contributed by atoms with van der Waals surface area (Å²) in [6, 6.07) is 11.0. The predicted molar refractivity (Wildman–Crippen MR) is 115 cm³/mol. The minimum absolute atomic E-state index is 0.0111. The molecule has 158 valence electrons. The molecule has 3 rings (SSSR count). The maximum absolute atomic E-state index is 12.8. The Balaban J connectivity index is 1.59. The van der Waals surface area contributed by atoms with Gasteiger partial charge in [-0.3, -0.25) is 15.5 Å². The Morgan fingerprint density at radius 3 is 2.73 bits per heavy atom.